The van der Waals surface area contributed by atoms with Gasteiger partial charge in [0.15, 0.2) is 0 Å². The molecule has 0 spiro atoms. The van der Waals surface area contributed by atoms with Crippen molar-refractivity contribution in [3.8, 4) is 0 Å². The minimum Gasteiger partial charge on any atom is -0.384 e. The molecule has 1 heterocycles. The Morgan fingerprint density at radius 3 is 2.74 bits per heavy atom. The Hall–Kier alpha value is -0.120. The number of hydrogen-bond donors (Lipinski definition) is 1. The highest BCUT2D eigenvalue weighted by molar-refractivity contribution is 4.74. The van der Waals surface area contributed by atoms with Gasteiger partial charge in [-0.05, 0) is 51.0 Å². The second-order valence-electron chi connectivity index (χ2n) is 6.59. The summed E-state index contributed by atoms with van der Waals surface area (Å²) in [6.45, 7) is 12.6. The molecule has 1 fully saturated rings. The van der Waals surface area contributed by atoms with Crippen LogP contribution in [-0.4, -0.2) is 50.8 Å². The van der Waals surface area contributed by atoms with Crippen molar-refractivity contribution in [1.29, 1.82) is 0 Å². The Morgan fingerprint density at radius 2 is 2.05 bits per heavy atom. The lowest BCUT2D eigenvalue weighted by Gasteiger charge is -2.32. The molecule has 114 valence electrons. The average molecular weight is 270 g/mol. The summed E-state index contributed by atoms with van der Waals surface area (Å²) in [4.78, 5) is 2.59. The van der Waals surface area contributed by atoms with E-state index in [0.717, 1.165) is 25.0 Å². The third-order valence-corrected chi connectivity index (χ3v) is 4.10. The quantitative estimate of drug-likeness (QED) is 0.697. The van der Waals surface area contributed by atoms with E-state index in [2.05, 4.69) is 31.0 Å². The van der Waals surface area contributed by atoms with E-state index >= 15 is 0 Å². The molecule has 0 aliphatic carbocycles. The standard InChI is InChI=1S/C16H34N2O/c1-14(2)7-8-15(3)17-9-11-18-10-5-6-16(12-18)13-19-4/h14-17H,5-13H2,1-4H3. The molecule has 1 aliphatic rings. The smallest absolute Gasteiger partial charge is 0.0502 e. The topological polar surface area (TPSA) is 24.5 Å². The zero-order chi connectivity index (χ0) is 14.1. The molecule has 1 saturated heterocycles. The average Bonchev–Trinajstić information content (AvgIpc) is 2.37. The first-order valence-electron chi connectivity index (χ1n) is 8.06. The third-order valence-electron chi connectivity index (χ3n) is 4.10. The molecule has 0 aromatic heterocycles. The van der Waals surface area contributed by atoms with Gasteiger partial charge in [0.05, 0.1) is 6.61 Å². The first-order valence-corrected chi connectivity index (χ1v) is 8.06. The van der Waals surface area contributed by atoms with E-state index in [-0.39, 0.29) is 0 Å². The summed E-state index contributed by atoms with van der Waals surface area (Å²) in [5.74, 6) is 1.57. The molecule has 0 bridgehead atoms. The van der Waals surface area contributed by atoms with Gasteiger partial charge in [0.1, 0.15) is 0 Å². The number of methoxy groups -OCH3 is 1. The first kappa shape index (κ1) is 16.9. The molecule has 1 aliphatic heterocycles. The lowest BCUT2D eigenvalue weighted by Crippen LogP contribution is -2.42. The van der Waals surface area contributed by atoms with Crippen molar-refractivity contribution in [2.24, 2.45) is 11.8 Å². The van der Waals surface area contributed by atoms with Crippen molar-refractivity contribution in [3.05, 3.63) is 0 Å². The Labute approximate surface area is 120 Å². The van der Waals surface area contributed by atoms with E-state index in [1.807, 2.05) is 7.11 Å². The van der Waals surface area contributed by atoms with Crippen LogP contribution in [0.2, 0.25) is 0 Å². The van der Waals surface area contributed by atoms with Gasteiger partial charge < -0.3 is 15.0 Å². The van der Waals surface area contributed by atoms with Crippen LogP contribution in [0.4, 0.5) is 0 Å². The van der Waals surface area contributed by atoms with Gasteiger partial charge in [-0.1, -0.05) is 13.8 Å². The summed E-state index contributed by atoms with van der Waals surface area (Å²) >= 11 is 0. The van der Waals surface area contributed by atoms with Crippen LogP contribution in [0.5, 0.6) is 0 Å². The number of hydrogen-bond acceptors (Lipinski definition) is 3. The molecular formula is C16H34N2O. The van der Waals surface area contributed by atoms with Crippen LogP contribution in [0.15, 0.2) is 0 Å². The maximum Gasteiger partial charge on any atom is 0.0502 e. The number of nitrogens with one attached hydrogen (secondary N) is 1. The van der Waals surface area contributed by atoms with E-state index in [9.17, 15) is 0 Å². The summed E-state index contributed by atoms with van der Waals surface area (Å²) in [5, 5.41) is 3.66. The second-order valence-corrected chi connectivity index (χ2v) is 6.59. The van der Waals surface area contributed by atoms with Crippen molar-refractivity contribution < 1.29 is 4.74 Å². The van der Waals surface area contributed by atoms with Gasteiger partial charge in [-0.3, -0.25) is 0 Å². The molecule has 19 heavy (non-hydrogen) atoms. The van der Waals surface area contributed by atoms with Crippen LogP contribution >= 0.6 is 0 Å². The van der Waals surface area contributed by atoms with Crippen LogP contribution in [0.25, 0.3) is 0 Å². The van der Waals surface area contributed by atoms with Crippen molar-refractivity contribution in [2.45, 2.75) is 52.5 Å². The first-order chi connectivity index (χ1) is 9.11. The van der Waals surface area contributed by atoms with Crippen molar-refractivity contribution in [1.82, 2.24) is 10.2 Å². The molecule has 2 unspecified atom stereocenters. The van der Waals surface area contributed by atoms with Crippen LogP contribution in [0.1, 0.15) is 46.5 Å². The second kappa shape index (κ2) is 9.73. The van der Waals surface area contributed by atoms with Crippen molar-refractivity contribution >= 4 is 0 Å². The highest BCUT2D eigenvalue weighted by atomic mass is 16.5. The lowest BCUT2D eigenvalue weighted by molar-refractivity contribution is 0.0907. The summed E-state index contributed by atoms with van der Waals surface area (Å²) in [5.41, 5.74) is 0. The SMILES string of the molecule is COCC1CCCN(CCNC(C)CCC(C)C)C1. The van der Waals surface area contributed by atoms with Crippen LogP contribution in [0, 0.1) is 11.8 Å². The van der Waals surface area contributed by atoms with Gasteiger partial charge in [-0.25, -0.2) is 0 Å². The summed E-state index contributed by atoms with van der Waals surface area (Å²) in [7, 11) is 1.82. The number of likely N-dealkylation sites (tertiary alicyclic amines) is 1. The van der Waals surface area contributed by atoms with Gasteiger partial charge in [0, 0.05) is 32.8 Å². The number of ether oxygens (including phenoxy) is 1. The van der Waals surface area contributed by atoms with Gasteiger partial charge in [-0.2, -0.15) is 0 Å². The Morgan fingerprint density at radius 1 is 1.26 bits per heavy atom. The normalized spacial score (nSPS) is 22.9. The Balaban J connectivity index is 2.08. The molecule has 3 nitrogen and oxygen atoms in total. The molecule has 0 radical (unpaired) electrons. The number of piperidine rings is 1. The monoisotopic (exact) mass is 270 g/mol. The number of rotatable bonds is 9. The predicted molar refractivity (Wildman–Crippen MR) is 82.6 cm³/mol. The van der Waals surface area contributed by atoms with Crippen LogP contribution in [0.3, 0.4) is 0 Å². The van der Waals surface area contributed by atoms with E-state index in [4.69, 9.17) is 4.74 Å². The maximum atomic E-state index is 5.28. The summed E-state index contributed by atoms with van der Waals surface area (Å²) in [6.07, 6.45) is 5.29. The highest BCUT2D eigenvalue weighted by Gasteiger charge is 2.19. The fourth-order valence-corrected chi connectivity index (χ4v) is 2.88. The zero-order valence-electron chi connectivity index (χ0n) is 13.5. The summed E-state index contributed by atoms with van der Waals surface area (Å²) in [6, 6.07) is 0.655. The molecule has 0 amide bonds. The zero-order valence-corrected chi connectivity index (χ0v) is 13.5. The third kappa shape index (κ3) is 7.91. The molecule has 2 atom stereocenters. The fraction of sp³-hybridized carbons (Fsp3) is 1.00. The molecule has 0 aromatic rings. The van der Waals surface area contributed by atoms with Gasteiger partial charge >= 0.3 is 0 Å². The minimum atomic E-state index is 0.655. The van der Waals surface area contributed by atoms with Gasteiger partial charge in [0.25, 0.3) is 0 Å². The van der Waals surface area contributed by atoms with E-state index in [1.54, 1.807) is 0 Å². The minimum absolute atomic E-state index is 0.655. The largest absolute Gasteiger partial charge is 0.384 e. The molecule has 0 saturated carbocycles. The Kier molecular flexibility index (Phi) is 8.67. The van der Waals surface area contributed by atoms with Crippen molar-refractivity contribution in [3.63, 3.8) is 0 Å². The number of nitrogens with zero attached hydrogens (tertiary/aromatic N) is 1. The van der Waals surface area contributed by atoms with E-state index in [1.165, 1.54) is 45.3 Å². The van der Waals surface area contributed by atoms with Crippen LogP contribution < -0.4 is 5.32 Å². The van der Waals surface area contributed by atoms with Gasteiger partial charge in [-0.15, -0.1) is 0 Å². The molecule has 1 rings (SSSR count). The summed E-state index contributed by atoms with van der Waals surface area (Å²) < 4.78 is 5.28. The highest BCUT2D eigenvalue weighted by Crippen LogP contribution is 2.16. The lowest BCUT2D eigenvalue weighted by atomic mass is 9.99. The maximum absolute atomic E-state index is 5.28. The van der Waals surface area contributed by atoms with Crippen molar-refractivity contribution in [2.75, 3.05) is 39.9 Å². The molecule has 1 N–H and O–H groups in total. The van der Waals surface area contributed by atoms with Crippen LogP contribution in [-0.2, 0) is 4.74 Å². The van der Waals surface area contributed by atoms with E-state index < -0.39 is 0 Å². The molecular weight excluding hydrogens is 236 g/mol. The predicted octanol–water partition coefficient (Wildman–Crippen LogP) is 2.76. The van der Waals surface area contributed by atoms with E-state index in [0.29, 0.717) is 6.04 Å². The molecule has 3 heteroatoms. The van der Waals surface area contributed by atoms with Gasteiger partial charge in [0.2, 0.25) is 0 Å². The molecule has 0 aromatic carbocycles. The Bertz CT molecular complexity index is 219. The fourth-order valence-electron chi connectivity index (χ4n) is 2.88.